The summed E-state index contributed by atoms with van der Waals surface area (Å²) in [5.41, 5.74) is 3.60. The third kappa shape index (κ3) is 3.46. The van der Waals surface area contributed by atoms with Crippen molar-refractivity contribution in [2.24, 2.45) is 0 Å². The summed E-state index contributed by atoms with van der Waals surface area (Å²) in [7, 11) is 0. The molecule has 18 heavy (non-hydrogen) atoms. The van der Waals surface area contributed by atoms with E-state index in [1.807, 2.05) is 0 Å². The number of hydrogen-bond donors (Lipinski definition) is 1. The highest BCUT2D eigenvalue weighted by Gasteiger charge is 2.21. The van der Waals surface area contributed by atoms with E-state index in [9.17, 15) is 5.11 Å². The Morgan fingerprint density at radius 2 is 1.33 bits per heavy atom. The van der Waals surface area contributed by atoms with Gasteiger partial charge in [0.15, 0.2) is 0 Å². The van der Waals surface area contributed by atoms with E-state index < -0.39 is 6.10 Å². The molecular weight excluding hydrogens is 220 g/mol. The minimum absolute atomic E-state index is 0.0803. The van der Waals surface area contributed by atoms with E-state index in [1.165, 1.54) is 11.1 Å². The Balaban J connectivity index is 3.43. The van der Waals surface area contributed by atoms with Gasteiger partial charge < -0.3 is 5.11 Å². The Kier molecular flexibility index (Phi) is 4.07. The molecule has 0 aliphatic heterocycles. The lowest BCUT2D eigenvalue weighted by Crippen LogP contribution is -2.17. The average molecular weight is 246 g/mol. The molecule has 0 aliphatic rings. The van der Waals surface area contributed by atoms with E-state index in [0.717, 1.165) is 5.56 Å². The maximum atomic E-state index is 9.99. The molecule has 100 valence electrons. The molecule has 1 rings (SSSR count). The molecule has 1 nitrogen and oxygen atoms in total. The van der Waals surface area contributed by atoms with Crippen molar-refractivity contribution in [3.05, 3.63) is 47.5 Å². The normalized spacial score (nSPS) is 14.4. The Labute approximate surface area is 112 Å². The Morgan fingerprint density at radius 1 is 0.944 bits per heavy atom. The fourth-order valence-electron chi connectivity index (χ4n) is 1.82. The van der Waals surface area contributed by atoms with Gasteiger partial charge in [0.25, 0.3) is 0 Å². The Bertz CT molecular complexity index is 398. The zero-order valence-electron chi connectivity index (χ0n) is 12.5. The van der Waals surface area contributed by atoms with Crippen LogP contribution in [0, 0.1) is 0 Å². The van der Waals surface area contributed by atoms with Gasteiger partial charge in [0.1, 0.15) is 0 Å². The summed E-state index contributed by atoms with van der Waals surface area (Å²) in [6, 6.07) is 6.42. The molecule has 1 unspecified atom stereocenters. The smallest absolute Gasteiger partial charge is 0.0969 e. The van der Waals surface area contributed by atoms with Crippen LogP contribution in [0.15, 0.2) is 30.9 Å². The topological polar surface area (TPSA) is 20.2 Å². The van der Waals surface area contributed by atoms with Crippen LogP contribution >= 0.6 is 0 Å². The predicted molar refractivity (Wildman–Crippen MR) is 79.0 cm³/mol. The molecule has 1 N–H and O–H groups in total. The van der Waals surface area contributed by atoms with Gasteiger partial charge in [0, 0.05) is 0 Å². The Hall–Kier alpha value is -1.08. The minimum Gasteiger partial charge on any atom is -0.384 e. The van der Waals surface area contributed by atoms with Crippen molar-refractivity contribution in [3.63, 3.8) is 0 Å². The fourth-order valence-corrected chi connectivity index (χ4v) is 1.82. The number of aliphatic hydroxyl groups is 1. The first-order chi connectivity index (χ1) is 8.05. The molecule has 0 fully saturated rings. The molecule has 0 aromatic heterocycles. The van der Waals surface area contributed by atoms with Crippen molar-refractivity contribution in [1.29, 1.82) is 0 Å². The van der Waals surface area contributed by atoms with Crippen LogP contribution in [0.2, 0.25) is 0 Å². The predicted octanol–water partition coefficient (Wildman–Crippen LogP) is 4.50. The zero-order valence-corrected chi connectivity index (χ0v) is 12.5. The molecular formula is C17H26O. The van der Waals surface area contributed by atoms with Gasteiger partial charge in [-0.25, -0.2) is 0 Å². The molecule has 1 atom stereocenters. The third-order valence-corrected chi connectivity index (χ3v) is 3.25. The first-order valence-electron chi connectivity index (χ1n) is 6.52. The van der Waals surface area contributed by atoms with Gasteiger partial charge in [-0.15, -0.1) is 6.58 Å². The second kappa shape index (κ2) is 4.89. The molecule has 0 aliphatic carbocycles. The van der Waals surface area contributed by atoms with Gasteiger partial charge in [-0.3, -0.25) is 0 Å². The summed E-state index contributed by atoms with van der Waals surface area (Å²) in [5, 5.41) is 9.99. The van der Waals surface area contributed by atoms with Crippen molar-refractivity contribution in [2.45, 2.75) is 58.5 Å². The van der Waals surface area contributed by atoms with Crippen molar-refractivity contribution < 1.29 is 5.11 Å². The van der Waals surface area contributed by atoms with Gasteiger partial charge >= 0.3 is 0 Å². The first kappa shape index (κ1) is 15.0. The van der Waals surface area contributed by atoms with Gasteiger partial charge in [0.05, 0.1) is 6.10 Å². The highest BCUT2D eigenvalue weighted by Crippen LogP contribution is 2.32. The molecule has 0 bridgehead atoms. The van der Waals surface area contributed by atoms with Crippen LogP contribution in [0.1, 0.15) is 64.3 Å². The standard InChI is InChI=1S/C17H26O/c1-8-15(18)12-9-13(16(2,3)4)11-14(10-12)17(5,6)7/h8-11,15,18H,1H2,2-7H3. The van der Waals surface area contributed by atoms with Crippen LogP contribution in [-0.4, -0.2) is 5.11 Å². The van der Waals surface area contributed by atoms with E-state index >= 15 is 0 Å². The van der Waals surface area contributed by atoms with E-state index in [4.69, 9.17) is 0 Å². The van der Waals surface area contributed by atoms with Gasteiger partial charge in [-0.05, 0) is 27.5 Å². The lowest BCUT2D eigenvalue weighted by atomic mass is 9.79. The summed E-state index contributed by atoms with van der Waals surface area (Å²) in [4.78, 5) is 0. The molecule has 0 spiro atoms. The number of aliphatic hydroxyl groups excluding tert-OH is 1. The number of benzene rings is 1. The van der Waals surface area contributed by atoms with Crippen LogP contribution < -0.4 is 0 Å². The van der Waals surface area contributed by atoms with E-state index in [1.54, 1.807) is 6.08 Å². The molecule has 0 saturated heterocycles. The monoisotopic (exact) mass is 246 g/mol. The lowest BCUT2D eigenvalue weighted by molar-refractivity contribution is 0.228. The van der Waals surface area contributed by atoms with E-state index in [-0.39, 0.29) is 10.8 Å². The summed E-state index contributed by atoms with van der Waals surface area (Å²) >= 11 is 0. The summed E-state index contributed by atoms with van der Waals surface area (Å²) in [5.74, 6) is 0. The quantitative estimate of drug-likeness (QED) is 0.762. The molecule has 1 aromatic rings. The molecule has 0 saturated carbocycles. The van der Waals surface area contributed by atoms with Crippen LogP contribution in [0.25, 0.3) is 0 Å². The second-order valence-corrected chi connectivity index (χ2v) is 7.02. The van der Waals surface area contributed by atoms with E-state index in [2.05, 4.69) is 66.3 Å². The van der Waals surface area contributed by atoms with Crippen LogP contribution in [0.5, 0.6) is 0 Å². The number of hydrogen-bond acceptors (Lipinski definition) is 1. The summed E-state index contributed by atoms with van der Waals surface area (Å²) in [6.45, 7) is 16.8. The molecule has 1 heteroatoms. The fraction of sp³-hybridized carbons (Fsp3) is 0.529. The lowest BCUT2D eigenvalue weighted by Gasteiger charge is -2.26. The van der Waals surface area contributed by atoms with Crippen molar-refractivity contribution in [2.75, 3.05) is 0 Å². The maximum absolute atomic E-state index is 9.99. The highest BCUT2D eigenvalue weighted by atomic mass is 16.3. The third-order valence-electron chi connectivity index (χ3n) is 3.25. The summed E-state index contributed by atoms with van der Waals surface area (Å²) < 4.78 is 0. The van der Waals surface area contributed by atoms with Crippen molar-refractivity contribution >= 4 is 0 Å². The van der Waals surface area contributed by atoms with Crippen LogP contribution in [-0.2, 0) is 10.8 Å². The second-order valence-electron chi connectivity index (χ2n) is 7.02. The molecule has 0 amide bonds. The minimum atomic E-state index is -0.589. The first-order valence-corrected chi connectivity index (χ1v) is 6.52. The number of rotatable bonds is 2. The van der Waals surface area contributed by atoms with Crippen LogP contribution in [0.4, 0.5) is 0 Å². The van der Waals surface area contributed by atoms with Crippen LogP contribution in [0.3, 0.4) is 0 Å². The van der Waals surface area contributed by atoms with Crippen molar-refractivity contribution in [3.8, 4) is 0 Å². The average Bonchev–Trinajstić information content (AvgIpc) is 2.25. The van der Waals surface area contributed by atoms with E-state index in [0.29, 0.717) is 0 Å². The SMILES string of the molecule is C=CC(O)c1cc(C(C)(C)C)cc(C(C)(C)C)c1. The summed E-state index contributed by atoms with van der Waals surface area (Å²) in [6.07, 6.45) is 0.988. The maximum Gasteiger partial charge on any atom is 0.0969 e. The largest absolute Gasteiger partial charge is 0.384 e. The van der Waals surface area contributed by atoms with Gasteiger partial charge in [-0.2, -0.15) is 0 Å². The molecule has 0 heterocycles. The highest BCUT2D eigenvalue weighted by molar-refractivity contribution is 5.39. The zero-order chi connectivity index (χ0) is 14.1. The molecule has 0 radical (unpaired) electrons. The van der Waals surface area contributed by atoms with Gasteiger partial charge in [0.2, 0.25) is 0 Å². The van der Waals surface area contributed by atoms with Crippen molar-refractivity contribution in [1.82, 2.24) is 0 Å². The molecule has 1 aromatic carbocycles. The van der Waals surface area contributed by atoms with Gasteiger partial charge in [-0.1, -0.05) is 65.8 Å². The Morgan fingerprint density at radius 3 is 1.61 bits per heavy atom.